The molecule has 0 aliphatic carbocycles. The van der Waals surface area contributed by atoms with Crippen LogP contribution in [0.15, 0.2) is 72.0 Å². The van der Waals surface area contributed by atoms with Crippen molar-refractivity contribution in [3.05, 3.63) is 87.5 Å². The fourth-order valence-corrected chi connectivity index (χ4v) is 3.17. The third kappa shape index (κ3) is 3.86. The molecule has 0 amide bonds. The predicted molar refractivity (Wildman–Crippen MR) is 111 cm³/mol. The van der Waals surface area contributed by atoms with Crippen LogP contribution in [0.5, 0.6) is 0 Å². The first-order valence-electron chi connectivity index (χ1n) is 8.31. The zero-order valence-corrected chi connectivity index (χ0v) is 15.9. The van der Waals surface area contributed by atoms with Gasteiger partial charge in [-0.15, -0.1) is 0 Å². The van der Waals surface area contributed by atoms with Crippen molar-refractivity contribution in [3.63, 3.8) is 0 Å². The number of benzene rings is 2. The topological polar surface area (TPSA) is 66.7 Å². The Morgan fingerprint density at radius 3 is 2.22 bits per heavy atom. The highest BCUT2D eigenvalue weighted by Gasteiger charge is 2.10. The Morgan fingerprint density at radius 1 is 0.926 bits per heavy atom. The van der Waals surface area contributed by atoms with E-state index in [1.165, 1.54) is 10.2 Å². The maximum absolute atomic E-state index is 5.18. The molecule has 2 N–H and O–H groups in total. The molecule has 6 nitrogen and oxygen atoms in total. The average molecular weight is 393 g/mol. The standard InChI is InChI=1S/C19H16N6S2/c26-18-21-22-19(27)25(18)20-11-16-13-24(12-14-7-3-1-4-8-14)23-17(16)15-9-5-2-6-10-15/h1-11,13H,12H2,(H,21,26)(H,22,27)/b20-11-. The van der Waals surface area contributed by atoms with Gasteiger partial charge in [-0.1, -0.05) is 60.7 Å². The molecule has 0 unspecified atom stereocenters. The maximum Gasteiger partial charge on any atom is 0.215 e. The molecular formula is C19H16N6S2. The summed E-state index contributed by atoms with van der Waals surface area (Å²) in [5.74, 6) is 0. The minimum Gasteiger partial charge on any atom is -0.273 e. The lowest BCUT2D eigenvalue weighted by atomic mass is 10.1. The van der Waals surface area contributed by atoms with E-state index in [2.05, 4.69) is 27.4 Å². The van der Waals surface area contributed by atoms with Gasteiger partial charge in [0.1, 0.15) is 5.69 Å². The van der Waals surface area contributed by atoms with E-state index in [1.807, 2.05) is 59.4 Å². The van der Waals surface area contributed by atoms with Crippen LogP contribution in [0.4, 0.5) is 0 Å². The molecule has 0 fully saturated rings. The Bertz CT molecular complexity index is 1150. The molecule has 2 heterocycles. The van der Waals surface area contributed by atoms with Gasteiger partial charge in [0.15, 0.2) is 0 Å². The first-order valence-corrected chi connectivity index (χ1v) is 9.13. The van der Waals surface area contributed by atoms with Crippen LogP contribution >= 0.6 is 24.4 Å². The quantitative estimate of drug-likeness (QED) is 0.391. The summed E-state index contributed by atoms with van der Waals surface area (Å²) in [6.07, 6.45) is 3.70. The van der Waals surface area contributed by atoms with E-state index < -0.39 is 0 Å². The third-order valence-corrected chi connectivity index (χ3v) is 4.55. The van der Waals surface area contributed by atoms with E-state index in [1.54, 1.807) is 6.21 Å². The summed E-state index contributed by atoms with van der Waals surface area (Å²) in [6, 6.07) is 20.2. The van der Waals surface area contributed by atoms with E-state index in [0.29, 0.717) is 16.1 Å². The van der Waals surface area contributed by atoms with Gasteiger partial charge in [-0.25, -0.2) is 0 Å². The SMILES string of the molecule is S=c1[nH][nH]c(=S)n1/N=C\c1cn(Cc2ccccc2)nc1-c1ccccc1. The monoisotopic (exact) mass is 392 g/mol. The summed E-state index contributed by atoms with van der Waals surface area (Å²) in [7, 11) is 0. The van der Waals surface area contributed by atoms with Crippen molar-refractivity contribution >= 4 is 30.7 Å². The van der Waals surface area contributed by atoms with Gasteiger partial charge in [0.05, 0.1) is 12.8 Å². The molecule has 8 heteroatoms. The van der Waals surface area contributed by atoms with Crippen LogP contribution in [-0.2, 0) is 6.54 Å². The van der Waals surface area contributed by atoms with Gasteiger partial charge in [0, 0.05) is 17.3 Å². The first-order chi connectivity index (χ1) is 13.2. The van der Waals surface area contributed by atoms with Crippen molar-refractivity contribution < 1.29 is 0 Å². The molecule has 0 radical (unpaired) electrons. The summed E-state index contributed by atoms with van der Waals surface area (Å²) < 4.78 is 4.20. The summed E-state index contributed by atoms with van der Waals surface area (Å²) in [5, 5.41) is 14.7. The predicted octanol–water partition coefficient (Wildman–Crippen LogP) is 4.40. The second-order valence-corrected chi connectivity index (χ2v) is 6.67. The van der Waals surface area contributed by atoms with E-state index in [0.717, 1.165) is 16.8 Å². The van der Waals surface area contributed by atoms with Crippen LogP contribution < -0.4 is 0 Å². The smallest absolute Gasteiger partial charge is 0.215 e. The van der Waals surface area contributed by atoms with Gasteiger partial charge in [-0.3, -0.25) is 14.9 Å². The minimum atomic E-state index is 0.411. The van der Waals surface area contributed by atoms with Gasteiger partial charge < -0.3 is 0 Å². The van der Waals surface area contributed by atoms with Crippen molar-refractivity contribution in [1.29, 1.82) is 0 Å². The van der Waals surface area contributed by atoms with Crippen molar-refractivity contribution in [2.75, 3.05) is 0 Å². The van der Waals surface area contributed by atoms with E-state index in [-0.39, 0.29) is 0 Å². The second kappa shape index (κ2) is 7.65. The first kappa shape index (κ1) is 17.3. The number of H-pyrrole nitrogens is 2. The lowest BCUT2D eigenvalue weighted by molar-refractivity contribution is 0.689. The third-order valence-electron chi connectivity index (χ3n) is 4.00. The molecule has 0 spiro atoms. The van der Waals surface area contributed by atoms with Crippen molar-refractivity contribution in [2.24, 2.45) is 5.10 Å². The van der Waals surface area contributed by atoms with E-state index in [4.69, 9.17) is 29.5 Å². The molecule has 2 aromatic heterocycles. The lowest BCUT2D eigenvalue weighted by Gasteiger charge is -2.01. The number of aromatic nitrogens is 5. The summed E-state index contributed by atoms with van der Waals surface area (Å²) in [6.45, 7) is 0.679. The van der Waals surface area contributed by atoms with Gasteiger partial charge in [-0.05, 0) is 30.0 Å². The number of rotatable bonds is 5. The van der Waals surface area contributed by atoms with Crippen LogP contribution in [0.2, 0.25) is 0 Å². The van der Waals surface area contributed by atoms with Crippen LogP contribution in [0, 0.1) is 9.54 Å². The lowest BCUT2D eigenvalue weighted by Crippen LogP contribution is -1.99. The molecule has 0 bridgehead atoms. The number of nitrogens with one attached hydrogen (secondary N) is 2. The largest absolute Gasteiger partial charge is 0.273 e. The number of aromatic amines is 2. The molecule has 4 rings (SSSR count). The molecule has 0 aliphatic heterocycles. The summed E-state index contributed by atoms with van der Waals surface area (Å²) in [5.41, 5.74) is 3.94. The zero-order chi connectivity index (χ0) is 18.6. The Labute approximate surface area is 165 Å². The molecule has 134 valence electrons. The molecule has 0 saturated heterocycles. The number of nitrogens with zero attached hydrogens (tertiary/aromatic N) is 4. The molecular weight excluding hydrogens is 376 g/mol. The van der Waals surface area contributed by atoms with E-state index in [9.17, 15) is 0 Å². The fraction of sp³-hybridized carbons (Fsp3) is 0.0526. The zero-order valence-electron chi connectivity index (χ0n) is 14.2. The molecule has 2 aromatic carbocycles. The van der Waals surface area contributed by atoms with Crippen molar-refractivity contribution in [1.82, 2.24) is 24.7 Å². The molecule has 0 aliphatic rings. The van der Waals surface area contributed by atoms with Crippen LogP contribution in [0.3, 0.4) is 0 Å². The number of hydrogen-bond donors (Lipinski definition) is 2. The normalized spacial score (nSPS) is 11.3. The Morgan fingerprint density at radius 2 is 1.56 bits per heavy atom. The highest BCUT2D eigenvalue weighted by Crippen LogP contribution is 2.21. The molecule has 27 heavy (non-hydrogen) atoms. The maximum atomic E-state index is 5.18. The highest BCUT2D eigenvalue weighted by atomic mass is 32.1. The molecule has 0 saturated carbocycles. The summed E-state index contributed by atoms with van der Waals surface area (Å²) >= 11 is 10.4. The van der Waals surface area contributed by atoms with Crippen molar-refractivity contribution in [2.45, 2.75) is 6.54 Å². The molecule has 4 aromatic rings. The van der Waals surface area contributed by atoms with Gasteiger partial charge >= 0.3 is 0 Å². The second-order valence-electron chi connectivity index (χ2n) is 5.90. The minimum absolute atomic E-state index is 0.411. The highest BCUT2D eigenvalue weighted by molar-refractivity contribution is 7.72. The Balaban J connectivity index is 1.74. The van der Waals surface area contributed by atoms with Crippen LogP contribution in [0.1, 0.15) is 11.1 Å². The Kier molecular flexibility index (Phi) is 4.91. The summed E-state index contributed by atoms with van der Waals surface area (Å²) in [4.78, 5) is 0. The average Bonchev–Trinajstić information content (AvgIpc) is 3.24. The fourth-order valence-electron chi connectivity index (χ4n) is 2.73. The van der Waals surface area contributed by atoms with Gasteiger partial charge in [0.2, 0.25) is 9.54 Å². The molecule has 0 atom stereocenters. The van der Waals surface area contributed by atoms with Crippen LogP contribution in [-0.4, -0.2) is 30.9 Å². The van der Waals surface area contributed by atoms with Crippen LogP contribution in [0.25, 0.3) is 11.3 Å². The van der Waals surface area contributed by atoms with Gasteiger partial charge in [-0.2, -0.15) is 14.9 Å². The van der Waals surface area contributed by atoms with Gasteiger partial charge in [0.25, 0.3) is 0 Å². The number of hydrogen-bond acceptors (Lipinski definition) is 4. The Hall–Kier alpha value is -3.10. The van der Waals surface area contributed by atoms with Crippen molar-refractivity contribution in [3.8, 4) is 11.3 Å². The van der Waals surface area contributed by atoms with E-state index >= 15 is 0 Å².